The van der Waals surface area contributed by atoms with E-state index in [1.165, 1.54) is 22.3 Å². The van der Waals surface area contributed by atoms with Crippen LogP contribution in [0.15, 0.2) is 212 Å². The maximum Gasteiger partial charge on any atom is 0.164 e. The lowest BCUT2D eigenvalue weighted by Gasteiger charge is -2.21. The zero-order valence-corrected chi connectivity index (χ0v) is 34.9. The molecule has 298 valence electrons. The van der Waals surface area contributed by atoms with Crippen molar-refractivity contribution in [3.05, 3.63) is 223 Å². The fraction of sp³-hybridized carbons (Fsp3) is 0.0517. The molecule has 2 aromatic heterocycles. The highest BCUT2D eigenvalue weighted by atomic mass is 15.0. The molecule has 0 fully saturated rings. The summed E-state index contributed by atoms with van der Waals surface area (Å²) in [7, 11) is 0. The Morgan fingerprint density at radius 2 is 0.635 bits per heavy atom. The summed E-state index contributed by atoms with van der Waals surface area (Å²) in [5.74, 6) is 2.56. The number of rotatable bonds is 8. The van der Waals surface area contributed by atoms with E-state index in [2.05, 4.69) is 172 Å². The van der Waals surface area contributed by atoms with Crippen LogP contribution in [0.4, 0.5) is 0 Å². The maximum absolute atomic E-state index is 5.18. The monoisotopic (exact) mass is 807 g/mol. The van der Waals surface area contributed by atoms with Crippen LogP contribution in [-0.2, 0) is 5.41 Å². The van der Waals surface area contributed by atoms with Crippen LogP contribution in [0.2, 0.25) is 0 Å². The Balaban J connectivity index is 0.989. The van der Waals surface area contributed by atoms with Crippen molar-refractivity contribution in [2.24, 2.45) is 0 Å². The Bertz CT molecular complexity index is 3310. The molecule has 5 nitrogen and oxygen atoms in total. The van der Waals surface area contributed by atoms with Crippen LogP contribution < -0.4 is 0 Å². The Hall–Kier alpha value is -8.15. The summed E-state index contributed by atoms with van der Waals surface area (Å²) >= 11 is 0. The van der Waals surface area contributed by atoms with Crippen molar-refractivity contribution in [1.82, 2.24) is 24.9 Å². The average molecular weight is 808 g/mol. The van der Waals surface area contributed by atoms with Crippen LogP contribution in [0.5, 0.6) is 0 Å². The van der Waals surface area contributed by atoms with Crippen molar-refractivity contribution in [2.45, 2.75) is 19.3 Å². The van der Waals surface area contributed by atoms with Crippen LogP contribution in [0.3, 0.4) is 0 Å². The molecule has 1 aliphatic rings. The summed E-state index contributed by atoms with van der Waals surface area (Å²) in [6.45, 7) is 4.60. The maximum atomic E-state index is 5.18. The van der Waals surface area contributed by atoms with Gasteiger partial charge in [-0.25, -0.2) is 24.9 Å². The van der Waals surface area contributed by atoms with E-state index < -0.39 is 0 Å². The number of fused-ring (bicyclic) bond motifs is 3. The van der Waals surface area contributed by atoms with Crippen LogP contribution in [-0.4, -0.2) is 24.9 Å². The van der Waals surface area contributed by atoms with Gasteiger partial charge in [-0.3, -0.25) is 0 Å². The molecule has 0 saturated heterocycles. The molecule has 0 amide bonds. The Morgan fingerprint density at radius 1 is 0.254 bits per heavy atom. The zero-order valence-electron chi connectivity index (χ0n) is 34.9. The summed E-state index contributed by atoms with van der Waals surface area (Å²) < 4.78 is 0. The third-order valence-electron chi connectivity index (χ3n) is 12.1. The molecule has 10 aromatic rings. The predicted molar refractivity (Wildman–Crippen MR) is 256 cm³/mol. The van der Waals surface area contributed by atoms with E-state index in [0.717, 1.165) is 67.0 Å². The third kappa shape index (κ3) is 7.19. The first kappa shape index (κ1) is 37.8. The van der Waals surface area contributed by atoms with Gasteiger partial charge in [-0.2, -0.15) is 0 Å². The van der Waals surface area contributed by atoms with Crippen LogP contribution in [0.1, 0.15) is 25.0 Å². The highest BCUT2D eigenvalue weighted by molar-refractivity contribution is 5.84. The largest absolute Gasteiger partial charge is 0.228 e. The van der Waals surface area contributed by atoms with Gasteiger partial charge in [0.15, 0.2) is 23.3 Å². The normalized spacial score (nSPS) is 12.4. The smallest absolute Gasteiger partial charge is 0.164 e. The molecule has 5 heteroatoms. The minimum Gasteiger partial charge on any atom is -0.228 e. The van der Waals surface area contributed by atoms with Crippen molar-refractivity contribution < 1.29 is 0 Å². The average Bonchev–Trinajstić information content (AvgIpc) is 3.59. The molecule has 0 N–H and O–H groups in total. The first-order chi connectivity index (χ1) is 30.9. The van der Waals surface area contributed by atoms with Crippen molar-refractivity contribution in [2.75, 3.05) is 0 Å². The molecular weight excluding hydrogens is 767 g/mol. The summed E-state index contributed by atoms with van der Waals surface area (Å²) in [4.78, 5) is 25.6. The lowest BCUT2D eigenvalue weighted by Crippen LogP contribution is -2.14. The second kappa shape index (κ2) is 15.7. The zero-order chi connectivity index (χ0) is 42.3. The summed E-state index contributed by atoms with van der Waals surface area (Å²) in [5, 5.41) is 0. The van der Waals surface area contributed by atoms with E-state index in [4.69, 9.17) is 24.9 Å². The lowest BCUT2D eigenvalue weighted by molar-refractivity contribution is 0.660. The molecule has 0 saturated carbocycles. The highest BCUT2D eigenvalue weighted by Crippen LogP contribution is 2.49. The molecule has 0 atom stereocenters. The van der Waals surface area contributed by atoms with E-state index >= 15 is 0 Å². The summed E-state index contributed by atoms with van der Waals surface area (Å²) in [5.41, 5.74) is 16.9. The number of hydrogen-bond donors (Lipinski definition) is 0. The third-order valence-corrected chi connectivity index (χ3v) is 12.1. The predicted octanol–water partition coefficient (Wildman–Crippen LogP) is 14.3. The van der Waals surface area contributed by atoms with Gasteiger partial charge in [0, 0.05) is 38.8 Å². The highest BCUT2D eigenvalue weighted by Gasteiger charge is 2.35. The van der Waals surface area contributed by atoms with E-state index in [1.807, 2.05) is 54.6 Å². The van der Waals surface area contributed by atoms with Gasteiger partial charge in [0.05, 0.1) is 11.4 Å². The van der Waals surface area contributed by atoms with Gasteiger partial charge >= 0.3 is 0 Å². The lowest BCUT2D eigenvalue weighted by atomic mass is 9.82. The minimum absolute atomic E-state index is 0.0872. The van der Waals surface area contributed by atoms with Crippen molar-refractivity contribution in [1.29, 1.82) is 0 Å². The van der Waals surface area contributed by atoms with Crippen molar-refractivity contribution >= 4 is 0 Å². The minimum atomic E-state index is -0.0872. The van der Waals surface area contributed by atoms with E-state index in [0.29, 0.717) is 23.3 Å². The van der Waals surface area contributed by atoms with E-state index in [9.17, 15) is 0 Å². The topological polar surface area (TPSA) is 64.5 Å². The summed E-state index contributed by atoms with van der Waals surface area (Å²) in [6, 6.07) is 73.8. The Kier molecular flexibility index (Phi) is 9.43. The first-order valence-corrected chi connectivity index (χ1v) is 21.3. The quantitative estimate of drug-likeness (QED) is 0.153. The van der Waals surface area contributed by atoms with Gasteiger partial charge in [-0.05, 0) is 74.8 Å². The molecule has 0 spiro atoms. The molecule has 2 heterocycles. The van der Waals surface area contributed by atoms with Gasteiger partial charge in [0.2, 0.25) is 0 Å². The standard InChI is InChI=1S/C58H41N5/c1-58(2)50-30-13-12-29-48(50)49-36-47(31-32-51(49)58)57-62-55(40-21-10-5-11-22-40)61-56(63-57)46-28-16-25-43(35-46)42-24-15-27-45(34-42)53-37-52(59-54(60-53)39-19-8-4-9-20-39)44-26-14-23-41(33-44)38-17-6-3-7-18-38/h3-37H,1-2H3. The molecule has 0 aliphatic heterocycles. The van der Waals surface area contributed by atoms with Gasteiger partial charge in [-0.1, -0.05) is 196 Å². The number of hydrogen-bond acceptors (Lipinski definition) is 5. The SMILES string of the molecule is CC1(C)c2ccccc2-c2cc(-c3nc(-c4ccccc4)nc(-c4cccc(-c5cccc(-c6cc(-c7cccc(-c8ccccc8)c7)nc(-c7ccccc7)n6)c5)c4)n3)ccc21. The van der Waals surface area contributed by atoms with Crippen LogP contribution in [0, 0.1) is 0 Å². The van der Waals surface area contributed by atoms with Gasteiger partial charge in [-0.15, -0.1) is 0 Å². The fourth-order valence-electron chi connectivity index (χ4n) is 8.85. The molecule has 1 aliphatic carbocycles. The Morgan fingerprint density at radius 3 is 1.21 bits per heavy atom. The Labute approximate surface area is 367 Å². The van der Waals surface area contributed by atoms with Crippen LogP contribution >= 0.6 is 0 Å². The van der Waals surface area contributed by atoms with E-state index in [1.54, 1.807) is 0 Å². The number of aromatic nitrogens is 5. The molecular formula is C58H41N5. The van der Waals surface area contributed by atoms with Crippen molar-refractivity contribution in [3.63, 3.8) is 0 Å². The number of benzene rings is 8. The molecule has 8 aromatic carbocycles. The van der Waals surface area contributed by atoms with Gasteiger partial charge < -0.3 is 0 Å². The first-order valence-electron chi connectivity index (χ1n) is 21.3. The molecule has 0 unspecified atom stereocenters. The number of nitrogens with zero attached hydrogens (tertiary/aromatic N) is 5. The molecule has 63 heavy (non-hydrogen) atoms. The fourth-order valence-corrected chi connectivity index (χ4v) is 8.85. The second-order valence-electron chi connectivity index (χ2n) is 16.5. The second-order valence-corrected chi connectivity index (χ2v) is 16.5. The van der Waals surface area contributed by atoms with Crippen LogP contribution in [0.25, 0.3) is 101 Å². The summed E-state index contributed by atoms with van der Waals surface area (Å²) in [6.07, 6.45) is 0. The van der Waals surface area contributed by atoms with Gasteiger partial charge in [0.1, 0.15) is 0 Å². The molecule has 11 rings (SSSR count). The van der Waals surface area contributed by atoms with E-state index in [-0.39, 0.29) is 5.41 Å². The van der Waals surface area contributed by atoms with Gasteiger partial charge in [0.25, 0.3) is 0 Å². The van der Waals surface area contributed by atoms with Crippen molar-refractivity contribution in [3.8, 4) is 101 Å². The molecule has 0 radical (unpaired) electrons. The molecule has 0 bridgehead atoms.